The van der Waals surface area contributed by atoms with Crippen molar-refractivity contribution in [3.8, 4) is 17.3 Å². The lowest BCUT2D eigenvalue weighted by Gasteiger charge is -2.07. The Hall–Kier alpha value is -3.82. The number of pyridine rings is 1. The maximum Gasteiger partial charge on any atom is 0.211 e. The quantitative estimate of drug-likeness (QED) is 0.430. The maximum atomic E-state index is 9.03. The van der Waals surface area contributed by atoms with Crippen LogP contribution in [0.1, 0.15) is 23.6 Å². The molecule has 0 N–H and O–H groups in total. The Balaban J connectivity index is 1.86. The molecule has 0 saturated carbocycles. The summed E-state index contributed by atoms with van der Waals surface area (Å²) >= 11 is 1.53. The number of hydrogen-bond acceptors (Lipinski definition) is 5. The van der Waals surface area contributed by atoms with E-state index in [9.17, 15) is 0 Å². The summed E-state index contributed by atoms with van der Waals surface area (Å²) in [6.45, 7) is 4.03. The Labute approximate surface area is 179 Å². The van der Waals surface area contributed by atoms with Crippen LogP contribution in [0, 0.1) is 18.3 Å². The van der Waals surface area contributed by atoms with Gasteiger partial charge in [0.1, 0.15) is 0 Å². The molecule has 0 saturated heterocycles. The molecule has 0 aliphatic carbocycles. The monoisotopic (exact) mass is 409 g/mol. The second kappa shape index (κ2) is 8.68. The van der Waals surface area contributed by atoms with Crippen molar-refractivity contribution in [2.75, 3.05) is 0 Å². The highest BCUT2D eigenvalue weighted by Crippen LogP contribution is 2.22. The van der Waals surface area contributed by atoms with Crippen LogP contribution in [-0.4, -0.2) is 15.4 Å². The van der Waals surface area contributed by atoms with Gasteiger partial charge in [-0.05, 0) is 43.7 Å². The standard InChI is InChI=1S/C24H19N5S/c1-17-5-9-21(10-6-17)23-16-30-24(27-22-4-3-13-26-15-22)29(23)28-18(2)20-11-7-19(14-25)8-12-20/h3-13,15-16H,1-2H3. The van der Waals surface area contributed by atoms with Crippen molar-refractivity contribution < 1.29 is 0 Å². The third kappa shape index (κ3) is 4.27. The molecule has 2 aromatic carbocycles. The van der Waals surface area contributed by atoms with Gasteiger partial charge in [-0.15, -0.1) is 11.3 Å². The second-order valence-electron chi connectivity index (χ2n) is 6.78. The Morgan fingerprint density at radius 2 is 1.83 bits per heavy atom. The van der Waals surface area contributed by atoms with Crippen molar-refractivity contribution in [2.45, 2.75) is 13.8 Å². The number of nitrogens with zero attached hydrogens (tertiary/aromatic N) is 5. The van der Waals surface area contributed by atoms with Crippen molar-refractivity contribution in [3.05, 3.63) is 99.9 Å². The molecule has 0 fully saturated rings. The second-order valence-corrected chi connectivity index (χ2v) is 7.62. The Kier molecular flexibility index (Phi) is 5.64. The highest BCUT2D eigenvalue weighted by Gasteiger charge is 2.09. The van der Waals surface area contributed by atoms with Gasteiger partial charge in [0.05, 0.1) is 34.9 Å². The van der Waals surface area contributed by atoms with E-state index >= 15 is 0 Å². The zero-order valence-corrected chi connectivity index (χ0v) is 17.5. The third-order valence-corrected chi connectivity index (χ3v) is 5.40. The van der Waals surface area contributed by atoms with E-state index < -0.39 is 0 Å². The van der Waals surface area contributed by atoms with Crippen LogP contribution < -0.4 is 4.80 Å². The highest BCUT2D eigenvalue weighted by molar-refractivity contribution is 7.07. The third-order valence-electron chi connectivity index (χ3n) is 4.59. The van der Waals surface area contributed by atoms with E-state index in [1.807, 2.05) is 35.9 Å². The largest absolute Gasteiger partial charge is 0.262 e. The fourth-order valence-corrected chi connectivity index (χ4v) is 3.77. The van der Waals surface area contributed by atoms with Gasteiger partial charge in [-0.3, -0.25) is 4.98 Å². The molecule has 0 aliphatic heterocycles. The summed E-state index contributed by atoms with van der Waals surface area (Å²) in [4.78, 5) is 9.65. The van der Waals surface area contributed by atoms with Crippen LogP contribution in [0.5, 0.6) is 0 Å². The van der Waals surface area contributed by atoms with E-state index in [2.05, 4.69) is 47.6 Å². The number of hydrogen-bond donors (Lipinski definition) is 0. The lowest BCUT2D eigenvalue weighted by molar-refractivity contribution is 0.847. The fourth-order valence-electron chi connectivity index (χ4n) is 2.92. The van der Waals surface area contributed by atoms with Crippen LogP contribution >= 0.6 is 11.3 Å². The molecular weight excluding hydrogens is 390 g/mol. The molecule has 4 aromatic rings. The van der Waals surface area contributed by atoms with E-state index in [4.69, 9.17) is 15.4 Å². The van der Waals surface area contributed by atoms with Crippen molar-refractivity contribution in [1.82, 2.24) is 9.66 Å². The van der Waals surface area contributed by atoms with Gasteiger partial charge in [0.2, 0.25) is 4.80 Å². The Bertz CT molecular complexity index is 1290. The van der Waals surface area contributed by atoms with E-state index in [-0.39, 0.29) is 0 Å². The summed E-state index contributed by atoms with van der Waals surface area (Å²) in [5.41, 5.74) is 6.43. The molecule has 5 nitrogen and oxygen atoms in total. The molecule has 0 bridgehead atoms. The van der Waals surface area contributed by atoms with Crippen LogP contribution in [0.3, 0.4) is 0 Å². The summed E-state index contributed by atoms with van der Waals surface area (Å²) in [5.74, 6) is 0. The Morgan fingerprint density at radius 1 is 1.07 bits per heavy atom. The molecule has 30 heavy (non-hydrogen) atoms. The zero-order chi connectivity index (χ0) is 20.9. The van der Waals surface area contributed by atoms with Gasteiger partial charge >= 0.3 is 0 Å². The number of thiazole rings is 1. The Morgan fingerprint density at radius 3 is 2.50 bits per heavy atom. The van der Waals surface area contributed by atoms with Crippen molar-refractivity contribution in [1.29, 1.82) is 5.26 Å². The summed E-state index contributed by atoms with van der Waals surface area (Å²) < 4.78 is 1.87. The minimum atomic E-state index is 0.627. The van der Waals surface area contributed by atoms with Gasteiger partial charge in [-0.25, -0.2) is 9.67 Å². The van der Waals surface area contributed by atoms with E-state index in [0.717, 1.165) is 33.0 Å². The van der Waals surface area contributed by atoms with Gasteiger partial charge in [0, 0.05) is 17.1 Å². The van der Waals surface area contributed by atoms with Crippen LogP contribution in [0.4, 0.5) is 5.69 Å². The van der Waals surface area contributed by atoms with Crippen LogP contribution in [0.15, 0.2) is 88.5 Å². The minimum absolute atomic E-state index is 0.627. The number of aryl methyl sites for hydroxylation is 1. The predicted molar refractivity (Wildman–Crippen MR) is 121 cm³/mol. The highest BCUT2D eigenvalue weighted by atomic mass is 32.1. The van der Waals surface area contributed by atoms with Gasteiger partial charge < -0.3 is 0 Å². The molecule has 146 valence electrons. The summed E-state index contributed by atoms with van der Waals surface area (Å²) in [6.07, 6.45) is 3.46. The van der Waals surface area contributed by atoms with Crippen LogP contribution in [0.25, 0.3) is 11.3 Å². The topological polar surface area (TPSA) is 66.3 Å². The summed E-state index contributed by atoms with van der Waals surface area (Å²) in [7, 11) is 0. The molecule has 0 aliphatic rings. The molecule has 0 unspecified atom stereocenters. The first-order valence-corrected chi connectivity index (χ1v) is 10.3. The number of nitriles is 1. The average Bonchev–Trinajstić information content (AvgIpc) is 3.17. The lowest BCUT2D eigenvalue weighted by Crippen LogP contribution is -2.13. The molecule has 0 amide bonds. The van der Waals surface area contributed by atoms with Crippen molar-refractivity contribution in [2.24, 2.45) is 10.1 Å². The van der Waals surface area contributed by atoms with Gasteiger partial charge in [-0.1, -0.05) is 42.0 Å². The maximum absolute atomic E-state index is 9.03. The molecule has 0 atom stereocenters. The molecule has 0 radical (unpaired) electrons. The van der Waals surface area contributed by atoms with E-state index in [0.29, 0.717) is 5.56 Å². The molecular formula is C24H19N5S. The molecule has 6 heteroatoms. The number of benzene rings is 2. The number of rotatable bonds is 4. The molecule has 2 aromatic heterocycles. The van der Waals surface area contributed by atoms with Gasteiger partial charge in [0.25, 0.3) is 0 Å². The first kappa shape index (κ1) is 19.5. The average molecular weight is 410 g/mol. The SMILES string of the molecule is CC(=Nn1c(-c2ccc(C)cc2)csc1=Nc1cccnc1)c1ccc(C#N)cc1. The fraction of sp³-hybridized carbons (Fsp3) is 0.0833. The first-order chi connectivity index (χ1) is 14.6. The number of aromatic nitrogens is 2. The summed E-state index contributed by atoms with van der Waals surface area (Å²) in [6, 6.07) is 21.7. The van der Waals surface area contributed by atoms with Crippen LogP contribution in [0.2, 0.25) is 0 Å². The smallest absolute Gasteiger partial charge is 0.211 e. The van der Waals surface area contributed by atoms with Gasteiger partial charge in [-0.2, -0.15) is 10.4 Å². The van der Waals surface area contributed by atoms with Gasteiger partial charge in [0.15, 0.2) is 0 Å². The van der Waals surface area contributed by atoms with E-state index in [1.165, 1.54) is 16.9 Å². The zero-order valence-electron chi connectivity index (χ0n) is 16.6. The van der Waals surface area contributed by atoms with Crippen molar-refractivity contribution >= 4 is 22.7 Å². The van der Waals surface area contributed by atoms with Crippen molar-refractivity contribution in [3.63, 3.8) is 0 Å². The normalized spacial score (nSPS) is 12.0. The minimum Gasteiger partial charge on any atom is -0.262 e. The molecule has 0 spiro atoms. The van der Waals surface area contributed by atoms with E-state index in [1.54, 1.807) is 24.5 Å². The molecule has 2 heterocycles. The van der Waals surface area contributed by atoms with Crippen LogP contribution in [-0.2, 0) is 0 Å². The first-order valence-electron chi connectivity index (χ1n) is 9.42. The summed E-state index contributed by atoms with van der Waals surface area (Å²) in [5, 5.41) is 16.0. The lowest BCUT2D eigenvalue weighted by atomic mass is 10.1. The predicted octanol–water partition coefficient (Wildman–Crippen LogP) is 5.30. The molecule has 4 rings (SSSR count).